The van der Waals surface area contributed by atoms with E-state index in [1.54, 1.807) is 19.2 Å². The van der Waals surface area contributed by atoms with Crippen LogP contribution in [-0.4, -0.2) is 26.8 Å². The molecule has 18 heavy (non-hydrogen) atoms. The van der Waals surface area contributed by atoms with Crippen molar-refractivity contribution < 1.29 is 9.13 Å². The quantitative estimate of drug-likeness (QED) is 0.734. The number of ether oxygens (including phenoxy) is 1. The van der Waals surface area contributed by atoms with Gasteiger partial charge in [0.15, 0.2) is 0 Å². The summed E-state index contributed by atoms with van der Waals surface area (Å²) in [5.74, 6) is 0.218. The van der Waals surface area contributed by atoms with Crippen LogP contribution in [0.5, 0.6) is 0 Å². The van der Waals surface area contributed by atoms with Crippen molar-refractivity contribution in [2.75, 3.05) is 26.8 Å². The molecule has 0 radical (unpaired) electrons. The SMILES string of the molecule is CCC(CNCCOC)Cc1ccc(Cl)cc1F. The molecule has 102 valence electrons. The van der Waals surface area contributed by atoms with Crippen LogP contribution in [0, 0.1) is 11.7 Å². The number of methoxy groups -OCH3 is 1. The van der Waals surface area contributed by atoms with Gasteiger partial charge >= 0.3 is 0 Å². The Hall–Kier alpha value is -0.640. The zero-order valence-electron chi connectivity index (χ0n) is 11.0. The highest BCUT2D eigenvalue weighted by molar-refractivity contribution is 6.30. The molecule has 4 heteroatoms. The third-order valence-corrected chi connectivity index (χ3v) is 3.25. The maximum Gasteiger partial charge on any atom is 0.127 e. The van der Waals surface area contributed by atoms with E-state index < -0.39 is 0 Å². The summed E-state index contributed by atoms with van der Waals surface area (Å²) < 4.78 is 18.6. The third kappa shape index (κ3) is 5.34. The van der Waals surface area contributed by atoms with E-state index >= 15 is 0 Å². The van der Waals surface area contributed by atoms with Crippen LogP contribution >= 0.6 is 11.6 Å². The Balaban J connectivity index is 2.46. The summed E-state index contributed by atoms with van der Waals surface area (Å²) in [5, 5.41) is 3.76. The smallest absolute Gasteiger partial charge is 0.127 e. The molecule has 1 N–H and O–H groups in total. The van der Waals surface area contributed by atoms with E-state index in [4.69, 9.17) is 16.3 Å². The summed E-state index contributed by atoms with van der Waals surface area (Å²) in [6.07, 6.45) is 1.75. The highest BCUT2D eigenvalue weighted by atomic mass is 35.5. The molecule has 0 saturated heterocycles. The Morgan fingerprint density at radius 1 is 1.44 bits per heavy atom. The molecular weight excluding hydrogens is 253 g/mol. The molecule has 1 rings (SSSR count). The first kappa shape index (κ1) is 15.4. The first-order valence-electron chi connectivity index (χ1n) is 6.31. The fraction of sp³-hybridized carbons (Fsp3) is 0.571. The Morgan fingerprint density at radius 2 is 2.22 bits per heavy atom. The number of hydrogen-bond donors (Lipinski definition) is 1. The van der Waals surface area contributed by atoms with Gasteiger partial charge in [-0.2, -0.15) is 0 Å². The standard InChI is InChI=1S/C14H21ClFNO/c1-3-11(10-17-6-7-18-2)8-12-4-5-13(15)9-14(12)16/h4-5,9,11,17H,3,6-8,10H2,1-2H3. The van der Waals surface area contributed by atoms with Gasteiger partial charge in [0.1, 0.15) is 5.82 Å². The number of nitrogens with one attached hydrogen (secondary N) is 1. The molecule has 1 aromatic carbocycles. The molecular formula is C14H21ClFNO. The van der Waals surface area contributed by atoms with Gasteiger partial charge in [0.25, 0.3) is 0 Å². The predicted octanol–water partition coefficient (Wildman–Crippen LogP) is 3.28. The summed E-state index contributed by atoms with van der Waals surface area (Å²) in [7, 11) is 1.68. The van der Waals surface area contributed by atoms with Crippen molar-refractivity contribution in [1.82, 2.24) is 5.32 Å². The summed E-state index contributed by atoms with van der Waals surface area (Å²) in [5.41, 5.74) is 0.736. The van der Waals surface area contributed by atoms with Gasteiger partial charge in [-0.1, -0.05) is 31.0 Å². The minimum absolute atomic E-state index is 0.210. The molecule has 0 spiro atoms. The van der Waals surface area contributed by atoms with E-state index in [0.717, 1.165) is 31.5 Å². The molecule has 1 atom stereocenters. The van der Waals surface area contributed by atoms with E-state index in [2.05, 4.69) is 12.2 Å². The van der Waals surface area contributed by atoms with Crippen LogP contribution in [0.2, 0.25) is 5.02 Å². The van der Waals surface area contributed by atoms with E-state index in [9.17, 15) is 4.39 Å². The maximum absolute atomic E-state index is 13.7. The lowest BCUT2D eigenvalue weighted by molar-refractivity contribution is 0.197. The molecule has 0 saturated carbocycles. The second-order valence-electron chi connectivity index (χ2n) is 4.41. The molecule has 1 aromatic rings. The third-order valence-electron chi connectivity index (χ3n) is 3.02. The summed E-state index contributed by atoms with van der Waals surface area (Å²) in [6, 6.07) is 4.89. The van der Waals surface area contributed by atoms with Gasteiger partial charge in [0.05, 0.1) is 6.61 Å². The zero-order valence-corrected chi connectivity index (χ0v) is 11.8. The fourth-order valence-corrected chi connectivity index (χ4v) is 2.00. The van der Waals surface area contributed by atoms with Gasteiger partial charge in [-0.25, -0.2) is 4.39 Å². The minimum Gasteiger partial charge on any atom is -0.383 e. The fourth-order valence-electron chi connectivity index (χ4n) is 1.84. The number of halogens is 2. The molecule has 0 aliphatic carbocycles. The molecule has 2 nitrogen and oxygen atoms in total. The van der Waals surface area contributed by atoms with Crippen molar-refractivity contribution >= 4 is 11.6 Å². The summed E-state index contributed by atoms with van der Waals surface area (Å²) in [4.78, 5) is 0. The topological polar surface area (TPSA) is 21.3 Å². The van der Waals surface area contributed by atoms with Crippen LogP contribution in [0.1, 0.15) is 18.9 Å². The monoisotopic (exact) mass is 273 g/mol. The average molecular weight is 274 g/mol. The van der Waals surface area contributed by atoms with Crippen LogP contribution in [0.3, 0.4) is 0 Å². The first-order chi connectivity index (χ1) is 8.67. The lowest BCUT2D eigenvalue weighted by Crippen LogP contribution is -2.27. The second kappa shape index (κ2) is 8.46. The van der Waals surface area contributed by atoms with Crippen molar-refractivity contribution in [1.29, 1.82) is 0 Å². The number of hydrogen-bond acceptors (Lipinski definition) is 2. The number of rotatable bonds is 8. The molecule has 0 bridgehead atoms. The van der Waals surface area contributed by atoms with Gasteiger partial charge in [-0.3, -0.25) is 0 Å². The van der Waals surface area contributed by atoms with Crippen LogP contribution in [0.15, 0.2) is 18.2 Å². The summed E-state index contributed by atoms with van der Waals surface area (Å²) in [6.45, 7) is 4.53. The van der Waals surface area contributed by atoms with Gasteiger partial charge < -0.3 is 10.1 Å². The van der Waals surface area contributed by atoms with Crippen molar-refractivity contribution in [2.45, 2.75) is 19.8 Å². The normalized spacial score (nSPS) is 12.7. The largest absolute Gasteiger partial charge is 0.383 e. The second-order valence-corrected chi connectivity index (χ2v) is 4.85. The molecule has 0 aliphatic rings. The number of benzene rings is 1. The lowest BCUT2D eigenvalue weighted by Gasteiger charge is -2.16. The first-order valence-corrected chi connectivity index (χ1v) is 6.68. The van der Waals surface area contributed by atoms with E-state index in [-0.39, 0.29) is 5.82 Å². The zero-order chi connectivity index (χ0) is 13.4. The molecule has 0 amide bonds. The Morgan fingerprint density at radius 3 is 2.83 bits per heavy atom. The van der Waals surface area contributed by atoms with Gasteiger partial charge in [-0.05, 0) is 36.6 Å². The van der Waals surface area contributed by atoms with E-state index in [1.807, 2.05) is 0 Å². The van der Waals surface area contributed by atoms with Crippen LogP contribution < -0.4 is 5.32 Å². The van der Waals surface area contributed by atoms with Crippen LogP contribution in [0.25, 0.3) is 0 Å². The van der Waals surface area contributed by atoms with Crippen LogP contribution in [0.4, 0.5) is 4.39 Å². The molecule has 0 heterocycles. The Kier molecular flexibility index (Phi) is 7.25. The van der Waals surface area contributed by atoms with Crippen LogP contribution in [-0.2, 0) is 11.2 Å². The maximum atomic E-state index is 13.7. The van der Waals surface area contributed by atoms with Gasteiger partial charge in [-0.15, -0.1) is 0 Å². The van der Waals surface area contributed by atoms with E-state index in [1.165, 1.54) is 6.07 Å². The van der Waals surface area contributed by atoms with Crippen molar-refractivity contribution in [3.05, 3.63) is 34.6 Å². The molecule has 0 aromatic heterocycles. The highest BCUT2D eigenvalue weighted by Gasteiger charge is 2.10. The van der Waals surface area contributed by atoms with Crippen molar-refractivity contribution in [2.24, 2.45) is 5.92 Å². The Labute approximate surface area is 113 Å². The predicted molar refractivity (Wildman–Crippen MR) is 73.6 cm³/mol. The minimum atomic E-state index is -0.210. The molecule has 1 unspecified atom stereocenters. The highest BCUT2D eigenvalue weighted by Crippen LogP contribution is 2.18. The Bertz CT molecular complexity index is 360. The van der Waals surface area contributed by atoms with E-state index in [0.29, 0.717) is 17.5 Å². The average Bonchev–Trinajstić information content (AvgIpc) is 2.35. The van der Waals surface area contributed by atoms with Gasteiger partial charge in [0, 0.05) is 18.7 Å². The van der Waals surface area contributed by atoms with Crippen molar-refractivity contribution in [3.63, 3.8) is 0 Å². The summed E-state index contributed by atoms with van der Waals surface area (Å²) >= 11 is 5.74. The molecule has 0 fully saturated rings. The lowest BCUT2D eigenvalue weighted by atomic mass is 9.96. The molecule has 0 aliphatic heterocycles. The van der Waals surface area contributed by atoms with Crippen molar-refractivity contribution in [3.8, 4) is 0 Å². The van der Waals surface area contributed by atoms with Gasteiger partial charge in [0.2, 0.25) is 0 Å².